The Balaban J connectivity index is 2.40. The minimum Gasteiger partial charge on any atom is -0.394 e. The Morgan fingerprint density at radius 2 is 2.07 bits per heavy atom. The van der Waals surface area contributed by atoms with Crippen molar-refractivity contribution in [3.05, 3.63) is 0 Å². The van der Waals surface area contributed by atoms with E-state index in [-0.39, 0.29) is 18.4 Å². The predicted molar refractivity (Wildman–Crippen MR) is 52.9 cm³/mol. The molecule has 0 aliphatic carbocycles. The molecule has 1 fully saturated rings. The first-order valence-corrected chi connectivity index (χ1v) is 5.06. The van der Waals surface area contributed by atoms with Crippen LogP contribution < -0.4 is 5.32 Å². The quantitative estimate of drug-likeness (QED) is 0.690. The molecule has 1 heterocycles. The van der Waals surface area contributed by atoms with Crippen molar-refractivity contribution in [3.8, 4) is 0 Å². The third kappa shape index (κ3) is 3.27. The molecule has 1 rings (SSSR count). The van der Waals surface area contributed by atoms with Gasteiger partial charge in [-0.2, -0.15) is 0 Å². The lowest BCUT2D eigenvalue weighted by molar-refractivity contribution is -0.130. The summed E-state index contributed by atoms with van der Waals surface area (Å²) in [5, 5.41) is 11.8. The van der Waals surface area contributed by atoms with Gasteiger partial charge in [0.2, 0.25) is 5.91 Å². The molecule has 0 aromatic rings. The molecule has 0 atom stereocenters. The molecular weight excluding hydrogens is 182 g/mol. The summed E-state index contributed by atoms with van der Waals surface area (Å²) in [6, 6.07) is 0. The van der Waals surface area contributed by atoms with E-state index in [1.54, 1.807) is 0 Å². The number of aliphatic hydroxyl groups excluding tert-OH is 1. The van der Waals surface area contributed by atoms with Crippen molar-refractivity contribution in [2.45, 2.75) is 32.2 Å². The summed E-state index contributed by atoms with van der Waals surface area (Å²) in [5.74, 6) is 0.0851. The van der Waals surface area contributed by atoms with E-state index in [9.17, 15) is 4.79 Å². The van der Waals surface area contributed by atoms with Gasteiger partial charge in [0.25, 0.3) is 0 Å². The molecule has 1 aliphatic heterocycles. The molecule has 0 bridgehead atoms. The van der Waals surface area contributed by atoms with Crippen LogP contribution in [0.15, 0.2) is 0 Å². The molecule has 4 nitrogen and oxygen atoms in total. The van der Waals surface area contributed by atoms with Gasteiger partial charge >= 0.3 is 0 Å². The van der Waals surface area contributed by atoms with Crippen molar-refractivity contribution in [1.29, 1.82) is 0 Å². The Labute approximate surface area is 84.6 Å². The van der Waals surface area contributed by atoms with Crippen LogP contribution in [0.5, 0.6) is 0 Å². The van der Waals surface area contributed by atoms with Crippen LogP contribution in [0.2, 0.25) is 0 Å². The van der Waals surface area contributed by atoms with E-state index in [2.05, 4.69) is 5.32 Å². The van der Waals surface area contributed by atoms with Crippen molar-refractivity contribution in [2.24, 2.45) is 5.92 Å². The van der Waals surface area contributed by atoms with Crippen molar-refractivity contribution < 1.29 is 14.6 Å². The highest BCUT2D eigenvalue weighted by Crippen LogP contribution is 2.15. The monoisotopic (exact) mass is 201 g/mol. The fourth-order valence-corrected chi connectivity index (χ4v) is 1.43. The van der Waals surface area contributed by atoms with E-state index in [0.29, 0.717) is 13.2 Å². The second-order valence-corrected chi connectivity index (χ2v) is 4.42. The van der Waals surface area contributed by atoms with Gasteiger partial charge in [-0.3, -0.25) is 4.79 Å². The van der Waals surface area contributed by atoms with Crippen LogP contribution in [0.25, 0.3) is 0 Å². The average Bonchev–Trinajstić information content (AvgIpc) is 2.19. The van der Waals surface area contributed by atoms with E-state index in [1.807, 2.05) is 13.8 Å². The van der Waals surface area contributed by atoms with Crippen molar-refractivity contribution in [2.75, 3.05) is 19.8 Å². The van der Waals surface area contributed by atoms with Crippen LogP contribution in [0.3, 0.4) is 0 Å². The highest BCUT2D eigenvalue weighted by molar-refractivity contribution is 5.79. The third-order valence-electron chi connectivity index (χ3n) is 2.45. The molecule has 14 heavy (non-hydrogen) atoms. The third-order valence-corrected chi connectivity index (χ3v) is 2.45. The molecule has 4 heteroatoms. The lowest BCUT2D eigenvalue weighted by atomic mass is 9.97. The van der Waals surface area contributed by atoms with Gasteiger partial charge in [-0.25, -0.2) is 0 Å². The average molecular weight is 201 g/mol. The Morgan fingerprint density at radius 3 is 2.57 bits per heavy atom. The van der Waals surface area contributed by atoms with Crippen LogP contribution in [0, 0.1) is 5.92 Å². The molecule has 0 spiro atoms. The van der Waals surface area contributed by atoms with Gasteiger partial charge in [-0.1, -0.05) is 0 Å². The van der Waals surface area contributed by atoms with Gasteiger partial charge in [-0.15, -0.1) is 0 Å². The zero-order chi connectivity index (χ0) is 10.6. The molecule has 0 unspecified atom stereocenters. The van der Waals surface area contributed by atoms with Crippen molar-refractivity contribution in [1.82, 2.24) is 5.32 Å². The first-order chi connectivity index (χ1) is 6.55. The highest BCUT2D eigenvalue weighted by Gasteiger charge is 2.26. The smallest absolute Gasteiger partial charge is 0.223 e. The summed E-state index contributed by atoms with van der Waals surface area (Å²) in [5.41, 5.74) is -0.518. The number of rotatable bonds is 3. The lowest BCUT2D eigenvalue weighted by Gasteiger charge is -2.28. The minimum absolute atomic E-state index is 0.0346. The zero-order valence-electron chi connectivity index (χ0n) is 8.88. The molecule has 82 valence electrons. The largest absolute Gasteiger partial charge is 0.394 e. The van der Waals surface area contributed by atoms with Gasteiger partial charge in [-0.05, 0) is 26.7 Å². The summed E-state index contributed by atoms with van der Waals surface area (Å²) in [4.78, 5) is 11.7. The van der Waals surface area contributed by atoms with Crippen molar-refractivity contribution >= 4 is 5.91 Å². The first-order valence-electron chi connectivity index (χ1n) is 5.06. The Kier molecular flexibility index (Phi) is 3.89. The minimum atomic E-state index is -0.518. The van der Waals surface area contributed by atoms with E-state index >= 15 is 0 Å². The van der Waals surface area contributed by atoms with Gasteiger partial charge < -0.3 is 15.2 Å². The summed E-state index contributed by atoms with van der Waals surface area (Å²) in [6.45, 7) is 4.91. The Bertz CT molecular complexity index is 198. The lowest BCUT2D eigenvalue weighted by Crippen LogP contribution is -2.49. The fourth-order valence-electron chi connectivity index (χ4n) is 1.43. The number of hydrogen-bond acceptors (Lipinski definition) is 3. The van der Waals surface area contributed by atoms with Crippen LogP contribution in [-0.4, -0.2) is 36.4 Å². The van der Waals surface area contributed by atoms with Crippen LogP contribution in [0.1, 0.15) is 26.7 Å². The summed E-state index contributed by atoms with van der Waals surface area (Å²) in [6.07, 6.45) is 1.57. The van der Waals surface area contributed by atoms with Gasteiger partial charge in [0, 0.05) is 19.1 Å². The Morgan fingerprint density at radius 1 is 1.50 bits per heavy atom. The molecule has 2 N–H and O–H groups in total. The summed E-state index contributed by atoms with van der Waals surface area (Å²) < 4.78 is 5.18. The van der Waals surface area contributed by atoms with E-state index in [0.717, 1.165) is 12.8 Å². The van der Waals surface area contributed by atoms with Crippen LogP contribution >= 0.6 is 0 Å². The molecule has 0 radical (unpaired) electrons. The molecule has 1 amide bonds. The molecule has 1 aliphatic rings. The predicted octanol–water partition coefficient (Wildman–Crippen LogP) is 0.300. The maximum absolute atomic E-state index is 11.7. The molecular formula is C10H19NO3. The number of carbonyl (C=O) groups excluding carboxylic acids is 1. The Hall–Kier alpha value is -0.610. The van der Waals surface area contributed by atoms with Crippen LogP contribution in [0.4, 0.5) is 0 Å². The van der Waals surface area contributed by atoms with Gasteiger partial charge in [0.15, 0.2) is 0 Å². The van der Waals surface area contributed by atoms with Gasteiger partial charge in [0.1, 0.15) is 0 Å². The zero-order valence-corrected chi connectivity index (χ0v) is 8.88. The standard InChI is InChI=1S/C10H19NO3/c1-10(2,7-12)11-9(13)8-3-5-14-6-4-8/h8,12H,3-7H2,1-2H3,(H,11,13). The van der Waals surface area contributed by atoms with E-state index in [4.69, 9.17) is 9.84 Å². The summed E-state index contributed by atoms with van der Waals surface area (Å²) >= 11 is 0. The molecule has 0 aromatic carbocycles. The molecule has 1 saturated heterocycles. The number of amides is 1. The van der Waals surface area contributed by atoms with Crippen LogP contribution in [-0.2, 0) is 9.53 Å². The highest BCUT2D eigenvalue weighted by atomic mass is 16.5. The normalized spacial score (nSPS) is 19.4. The number of aliphatic hydroxyl groups is 1. The first kappa shape index (κ1) is 11.5. The van der Waals surface area contributed by atoms with Crippen molar-refractivity contribution in [3.63, 3.8) is 0 Å². The summed E-state index contributed by atoms with van der Waals surface area (Å²) in [7, 11) is 0. The second kappa shape index (κ2) is 4.75. The SMILES string of the molecule is CC(C)(CO)NC(=O)C1CCOCC1. The second-order valence-electron chi connectivity index (χ2n) is 4.42. The topological polar surface area (TPSA) is 58.6 Å². The van der Waals surface area contributed by atoms with Gasteiger partial charge in [0.05, 0.1) is 12.1 Å². The number of carbonyl (C=O) groups is 1. The van der Waals surface area contributed by atoms with E-state index < -0.39 is 5.54 Å². The molecule has 0 aromatic heterocycles. The van der Waals surface area contributed by atoms with E-state index in [1.165, 1.54) is 0 Å². The maximum atomic E-state index is 11.7. The number of ether oxygens (including phenoxy) is 1. The fraction of sp³-hybridized carbons (Fsp3) is 0.900. The maximum Gasteiger partial charge on any atom is 0.223 e. The molecule has 0 saturated carbocycles. The number of hydrogen-bond donors (Lipinski definition) is 2. The number of nitrogens with one attached hydrogen (secondary N) is 1.